The first-order valence-corrected chi connectivity index (χ1v) is 8.14. The van der Waals surface area contributed by atoms with Crippen LogP contribution >= 0.6 is 0 Å². The van der Waals surface area contributed by atoms with Gasteiger partial charge in [0.25, 0.3) is 5.69 Å². The molecule has 1 amide bonds. The Balaban J connectivity index is 1.57. The third-order valence-electron chi connectivity index (χ3n) is 4.47. The fourth-order valence-electron chi connectivity index (χ4n) is 3.13. The van der Waals surface area contributed by atoms with Crippen LogP contribution in [0, 0.1) is 10.1 Å². The fourth-order valence-corrected chi connectivity index (χ4v) is 3.13. The minimum Gasteiger partial charge on any atom is -0.496 e. The molecule has 2 saturated heterocycles. The predicted molar refractivity (Wildman–Crippen MR) is 88.6 cm³/mol. The number of hydrogen-bond acceptors (Lipinski definition) is 7. The van der Waals surface area contributed by atoms with E-state index in [0.717, 1.165) is 0 Å². The summed E-state index contributed by atoms with van der Waals surface area (Å²) >= 11 is 0. The number of benzene rings is 1. The molecule has 2 aliphatic heterocycles. The van der Waals surface area contributed by atoms with Crippen molar-refractivity contribution < 1.29 is 23.9 Å². The zero-order chi connectivity index (χ0) is 17.9. The number of rotatable bonds is 5. The van der Waals surface area contributed by atoms with Crippen molar-refractivity contribution in [3.05, 3.63) is 28.3 Å². The SMILES string of the molecule is COc1ccc(NC(=O)CN2CCC3(CC2)OCCO3)c([N+](=O)[O-])c1. The van der Waals surface area contributed by atoms with E-state index >= 15 is 0 Å². The van der Waals surface area contributed by atoms with Crippen LogP contribution in [0.25, 0.3) is 0 Å². The molecule has 1 aromatic rings. The molecule has 1 spiro atoms. The van der Waals surface area contributed by atoms with Crippen LogP contribution in [0.5, 0.6) is 5.75 Å². The number of likely N-dealkylation sites (tertiary alicyclic amines) is 1. The largest absolute Gasteiger partial charge is 0.496 e. The smallest absolute Gasteiger partial charge is 0.296 e. The first kappa shape index (κ1) is 17.6. The second kappa shape index (κ2) is 7.34. The number of piperidine rings is 1. The molecule has 2 fully saturated rings. The highest BCUT2D eigenvalue weighted by Crippen LogP contribution is 2.31. The molecule has 25 heavy (non-hydrogen) atoms. The minimum absolute atomic E-state index is 0.159. The monoisotopic (exact) mass is 351 g/mol. The number of carbonyl (C=O) groups excluding carboxylic acids is 1. The normalized spacial score (nSPS) is 19.7. The summed E-state index contributed by atoms with van der Waals surface area (Å²) in [6.07, 6.45) is 1.42. The second-order valence-electron chi connectivity index (χ2n) is 6.07. The average Bonchev–Trinajstić information content (AvgIpc) is 3.05. The van der Waals surface area contributed by atoms with Gasteiger partial charge in [0.15, 0.2) is 5.79 Å². The van der Waals surface area contributed by atoms with Gasteiger partial charge in [0.05, 0.1) is 37.9 Å². The fraction of sp³-hybridized carbons (Fsp3) is 0.562. The Morgan fingerprint density at radius 1 is 1.36 bits per heavy atom. The topological polar surface area (TPSA) is 103 Å². The molecular formula is C16H21N3O6. The van der Waals surface area contributed by atoms with Crippen LogP contribution < -0.4 is 10.1 Å². The van der Waals surface area contributed by atoms with Gasteiger partial charge in [-0.05, 0) is 12.1 Å². The zero-order valence-electron chi connectivity index (χ0n) is 14.0. The zero-order valence-corrected chi connectivity index (χ0v) is 14.0. The molecule has 0 unspecified atom stereocenters. The van der Waals surface area contributed by atoms with Crippen LogP contribution in [0.1, 0.15) is 12.8 Å². The molecule has 2 heterocycles. The summed E-state index contributed by atoms with van der Waals surface area (Å²) in [7, 11) is 1.43. The Labute approximate surface area is 145 Å². The van der Waals surface area contributed by atoms with Crippen molar-refractivity contribution in [2.45, 2.75) is 18.6 Å². The van der Waals surface area contributed by atoms with E-state index < -0.39 is 10.7 Å². The number of methoxy groups -OCH3 is 1. The van der Waals surface area contributed by atoms with Crippen molar-refractivity contribution in [2.24, 2.45) is 0 Å². The molecule has 0 radical (unpaired) electrons. The Morgan fingerprint density at radius 2 is 2.04 bits per heavy atom. The van der Waals surface area contributed by atoms with Crippen molar-refractivity contribution in [1.29, 1.82) is 0 Å². The number of carbonyl (C=O) groups is 1. The van der Waals surface area contributed by atoms with Crippen LogP contribution in [0.15, 0.2) is 18.2 Å². The molecule has 1 N–H and O–H groups in total. The van der Waals surface area contributed by atoms with Crippen molar-refractivity contribution in [3.63, 3.8) is 0 Å². The number of nitro groups is 1. The summed E-state index contributed by atoms with van der Waals surface area (Å²) in [5.41, 5.74) is -0.0372. The summed E-state index contributed by atoms with van der Waals surface area (Å²) in [6, 6.07) is 4.33. The number of anilines is 1. The van der Waals surface area contributed by atoms with E-state index in [9.17, 15) is 14.9 Å². The average molecular weight is 351 g/mol. The van der Waals surface area contributed by atoms with Gasteiger partial charge in [-0.3, -0.25) is 19.8 Å². The lowest BCUT2D eigenvalue weighted by Gasteiger charge is -2.37. The summed E-state index contributed by atoms with van der Waals surface area (Å²) in [5.74, 6) is -0.415. The first-order valence-electron chi connectivity index (χ1n) is 8.14. The predicted octanol–water partition coefficient (Wildman–Crippen LogP) is 1.38. The molecule has 9 nitrogen and oxygen atoms in total. The van der Waals surface area contributed by atoms with Gasteiger partial charge in [-0.1, -0.05) is 0 Å². The van der Waals surface area contributed by atoms with E-state index in [1.807, 2.05) is 4.90 Å². The number of amides is 1. The van der Waals surface area contributed by atoms with Gasteiger partial charge in [0.2, 0.25) is 5.91 Å². The molecule has 2 aliphatic rings. The van der Waals surface area contributed by atoms with Gasteiger partial charge < -0.3 is 19.5 Å². The lowest BCUT2D eigenvalue weighted by atomic mass is 10.0. The van der Waals surface area contributed by atoms with E-state index in [2.05, 4.69) is 5.32 Å². The molecular weight excluding hydrogens is 330 g/mol. The molecule has 9 heteroatoms. The Bertz CT molecular complexity index is 649. The van der Waals surface area contributed by atoms with E-state index in [0.29, 0.717) is 44.9 Å². The van der Waals surface area contributed by atoms with Crippen molar-refractivity contribution in [2.75, 3.05) is 45.3 Å². The summed E-state index contributed by atoms with van der Waals surface area (Å²) < 4.78 is 16.3. The van der Waals surface area contributed by atoms with Gasteiger partial charge >= 0.3 is 0 Å². The highest BCUT2D eigenvalue weighted by molar-refractivity contribution is 5.94. The maximum absolute atomic E-state index is 12.3. The van der Waals surface area contributed by atoms with Gasteiger partial charge in [0, 0.05) is 25.9 Å². The number of hydrogen-bond donors (Lipinski definition) is 1. The third-order valence-corrected chi connectivity index (χ3v) is 4.47. The molecule has 0 aliphatic carbocycles. The van der Waals surface area contributed by atoms with Crippen molar-refractivity contribution in [3.8, 4) is 5.75 Å². The maximum atomic E-state index is 12.3. The Morgan fingerprint density at radius 3 is 2.64 bits per heavy atom. The van der Waals surface area contributed by atoms with Crippen LogP contribution in [-0.2, 0) is 14.3 Å². The van der Waals surface area contributed by atoms with Crippen molar-refractivity contribution in [1.82, 2.24) is 4.90 Å². The van der Waals surface area contributed by atoms with Gasteiger partial charge in [-0.2, -0.15) is 0 Å². The molecule has 3 rings (SSSR count). The van der Waals surface area contributed by atoms with Gasteiger partial charge in [-0.15, -0.1) is 0 Å². The Kier molecular flexibility index (Phi) is 5.16. The number of nitrogens with zero attached hydrogens (tertiary/aromatic N) is 2. The van der Waals surface area contributed by atoms with E-state index in [4.69, 9.17) is 14.2 Å². The second-order valence-corrected chi connectivity index (χ2v) is 6.07. The molecule has 0 saturated carbocycles. The van der Waals surface area contributed by atoms with Crippen LogP contribution in [0.2, 0.25) is 0 Å². The highest BCUT2D eigenvalue weighted by atomic mass is 16.7. The lowest BCUT2D eigenvalue weighted by Crippen LogP contribution is -2.47. The standard InChI is InChI=1S/C16H21N3O6/c1-23-12-2-3-13(14(10-12)19(21)22)17-15(20)11-18-6-4-16(5-7-18)24-8-9-25-16/h2-3,10H,4-9,11H2,1H3,(H,17,20). The number of nitrogens with one attached hydrogen (secondary N) is 1. The van der Waals surface area contributed by atoms with Crippen LogP contribution in [0.4, 0.5) is 11.4 Å². The van der Waals surface area contributed by atoms with E-state index in [1.165, 1.54) is 19.2 Å². The molecule has 1 aromatic carbocycles. The molecule has 0 bridgehead atoms. The Hall–Kier alpha value is -2.23. The summed E-state index contributed by atoms with van der Waals surface area (Å²) in [6.45, 7) is 2.75. The van der Waals surface area contributed by atoms with Gasteiger partial charge in [-0.25, -0.2) is 0 Å². The summed E-state index contributed by atoms with van der Waals surface area (Å²) in [5, 5.41) is 13.8. The molecule has 0 aromatic heterocycles. The van der Waals surface area contributed by atoms with Crippen LogP contribution in [0.3, 0.4) is 0 Å². The van der Waals surface area contributed by atoms with Crippen molar-refractivity contribution >= 4 is 17.3 Å². The number of ether oxygens (including phenoxy) is 3. The van der Waals surface area contributed by atoms with Gasteiger partial charge in [0.1, 0.15) is 11.4 Å². The first-order chi connectivity index (χ1) is 12.0. The minimum atomic E-state index is -0.544. The molecule has 136 valence electrons. The third kappa shape index (κ3) is 4.06. The maximum Gasteiger partial charge on any atom is 0.296 e. The van der Waals surface area contributed by atoms with Crippen LogP contribution in [-0.4, -0.2) is 61.5 Å². The quantitative estimate of drug-likeness (QED) is 0.631. The number of nitro benzene ring substituents is 1. The highest BCUT2D eigenvalue weighted by Gasteiger charge is 2.40. The molecule has 0 atom stereocenters. The van der Waals surface area contributed by atoms with E-state index in [1.54, 1.807) is 6.07 Å². The summed E-state index contributed by atoms with van der Waals surface area (Å²) in [4.78, 5) is 24.9. The van der Waals surface area contributed by atoms with E-state index in [-0.39, 0.29) is 23.8 Å². The lowest BCUT2D eigenvalue weighted by molar-refractivity contribution is -0.384.